The lowest BCUT2D eigenvalue weighted by atomic mass is 10.2. The molecule has 0 amide bonds. The van der Waals surface area contributed by atoms with Gasteiger partial charge in [0.1, 0.15) is 12.4 Å². The van der Waals surface area contributed by atoms with Crippen molar-refractivity contribution in [3.8, 4) is 11.5 Å². The maximum Gasteiger partial charge on any atom is 0.165 e. The molecule has 0 bridgehead atoms. The van der Waals surface area contributed by atoms with Gasteiger partial charge in [-0.1, -0.05) is 24.3 Å². The summed E-state index contributed by atoms with van der Waals surface area (Å²) >= 11 is 0. The van der Waals surface area contributed by atoms with Crippen molar-refractivity contribution in [2.24, 2.45) is 0 Å². The summed E-state index contributed by atoms with van der Waals surface area (Å²) in [6, 6.07) is 11.6. The first kappa shape index (κ1) is 13.4. The van der Waals surface area contributed by atoms with Gasteiger partial charge in [-0.2, -0.15) is 0 Å². The Hall–Kier alpha value is -2.07. The van der Waals surface area contributed by atoms with Crippen LogP contribution in [0, 0.1) is 5.82 Å². The van der Waals surface area contributed by atoms with Crippen molar-refractivity contribution < 1.29 is 14.2 Å². The zero-order chi connectivity index (χ0) is 13.7. The summed E-state index contributed by atoms with van der Waals surface area (Å²) in [5, 5.41) is 12.3. The van der Waals surface area contributed by atoms with Crippen molar-refractivity contribution in [1.29, 1.82) is 0 Å². The predicted molar refractivity (Wildman–Crippen MR) is 71.6 cm³/mol. The molecular formula is C15H16FNO2. The number of phenolic OH excluding ortho intramolecular Hbond substituents is 1. The molecule has 4 heteroatoms. The molecule has 0 aromatic heterocycles. The minimum absolute atomic E-state index is 0.171. The van der Waals surface area contributed by atoms with Crippen LogP contribution >= 0.6 is 0 Å². The van der Waals surface area contributed by atoms with Gasteiger partial charge < -0.3 is 15.2 Å². The molecule has 0 aliphatic rings. The number of rotatable bonds is 5. The van der Waals surface area contributed by atoms with Crippen LogP contribution in [0.5, 0.6) is 11.5 Å². The van der Waals surface area contributed by atoms with E-state index < -0.39 is 0 Å². The Morgan fingerprint density at radius 2 is 2.00 bits per heavy atom. The van der Waals surface area contributed by atoms with Gasteiger partial charge in [-0.25, -0.2) is 4.39 Å². The lowest BCUT2D eigenvalue weighted by molar-refractivity contribution is 0.286. The summed E-state index contributed by atoms with van der Waals surface area (Å²) in [6.45, 7) is 0.749. The zero-order valence-electron chi connectivity index (χ0n) is 10.7. The summed E-state index contributed by atoms with van der Waals surface area (Å²) < 4.78 is 19.3. The average Bonchev–Trinajstić information content (AvgIpc) is 2.38. The third-order valence-corrected chi connectivity index (χ3v) is 2.71. The standard InChI is InChI=1S/C15H16FNO2/c1-17-9-12-5-3-7-14(16)15(12)19-10-11-4-2-6-13(18)8-11/h2-8,17-18H,9-10H2,1H3. The van der Waals surface area contributed by atoms with Crippen LogP contribution in [0.2, 0.25) is 0 Å². The molecule has 0 atom stereocenters. The Kier molecular flexibility index (Phi) is 4.36. The second kappa shape index (κ2) is 6.20. The number of hydrogen-bond acceptors (Lipinski definition) is 3. The van der Waals surface area contributed by atoms with Gasteiger partial charge in [-0.15, -0.1) is 0 Å². The highest BCUT2D eigenvalue weighted by Crippen LogP contribution is 2.24. The van der Waals surface area contributed by atoms with Gasteiger partial charge in [-0.05, 0) is 30.8 Å². The monoisotopic (exact) mass is 261 g/mol. The molecule has 0 aliphatic carbocycles. The molecule has 3 nitrogen and oxygen atoms in total. The van der Waals surface area contributed by atoms with E-state index >= 15 is 0 Å². The quantitative estimate of drug-likeness (QED) is 0.869. The van der Waals surface area contributed by atoms with Crippen LogP contribution in [0.3, 0.4) is 0 Å². The molecule has 0 heterocycles. The first-order chi connectivity index (χ1) is 9.20. The lowest BCUT2D eigenvalue weighted by Crippen LogP contribution is -2.08. The summed E-state index contributed by atoms with van der Waals surface area (Å²) in [4.78, 5) is 0. The molecule has 0 radical (unpaired) electrons. The van der Waals surface area contributed by atoms with Crippen molar-refractivity contribution >= 4 is 0 Å². The first-order valence-electron chi connectivity index (χ1n) is 6.03. The molecule has 2 rings (SSSR count). The maximum atomic E-state index is 13.8. The van der Waals surface area contributed by atoms with Gasteiger partial charge in [0.2, 0.25) is 0 Å². The van der Waals surface area contributed by atoms with Gasteiger partial charge in [0, 0.05) is 12.1 Å². The lowest BCUT2D eigenvalue weighted by Gasteiger charge is -2.12. The average molecular weight is 261 g/mol. The van der Waals surface area contributed by atoms with Crippen LogP contribution in [-0.2, 0) is 13.2 Å². The SMILES string of the molecule is CNCc1cccc(F)c1OCc1cccc(O)c1. The van der Waals surface area contributed by atoms with E-state index in [9.17, 15) is 9.50 Å². The third kappa shape index (κ3) is 3.45. The summed E-state index contributed by atoms with van der Waals surface area (Å²) in [5.41, 5.74) is 1.56. The third-order valence-electron chi connectivity index (χ3n) is 2.71. The number of para-hydroxylation sites is 1. The van der Waals surface area contributed by atoms with Crippen molar-refractivity contribution in [2.45, 2.75) is 13.2 Å². The fraction of sp³-hybridized carbons (Fsp3) is 0.200. The van der Waals surface area contributed by atoms with E-state index in [1.165, 1.54) is 6.07 Å². The molecule has 0 fully saturated rings. The van der Waals surface area contributed by atoms with Gasteiger partial charge in [0.25, 0.3) is 0 Å². The van der Waals surface area contributed by atoms with Crippen LogP contribution in [0.4, 0.5) is 4.39 Å². The number of hydrogen-bond donors (Lipinski definition) is 2. The highest BCUT2D eigenvalue weighted by molar-refractivity contribution is 5.35. The summed E-state index contributed by atoms with van der Waals surface area (Å²) in [6.07, 6.45) is 0. The Morgan fingerprint density at radius 1 is 1.21 bits per heavy atom. The normalized spacial score (nSPS) is 10.4. The van der Waals surface area contributed by atoms with E-state index in [-0.39, 0.29) is 23.9 Å². The largest absolute Gasteiger partial charge is 0.508 e. The number of halogens is 1. The number of ether oxygens (including phenoxy) is 1. The molecule has 0 aliphatic heterocycles. The molecule has 2 N–H and O–H groups in total. The van der Waals surface area contributed by atoms with Crippen molar-refractivity contribution in [3.63, 3.8) is 0 Å². The number of nitrogens with one attached hydrogen (secondary N) is 1. The van der Waals surface area contributed by atoms with Crippen molar-refractivity contribution in [2.75, 3.05) is 7.05 Å². The Bertz CT molecular complexity index is 558. The van der Waals surface area contributed by atoms with E-state index in [0.29, 0.717) is 6.54 Å². The number of benzene rings is 2. The fourth-order valence-electron chi connectivity index (χ4n) is 1.85. The van der Waals surface area contributed by atoms with E-state index in [4.69, 9.17) is 4.74 Å². The van der Waals surface area contributed by atoms with Crippen LogP contribution in [-0.4, -0.2) is 12.2 Å². The second-order valence-corrected chi connectivity index (χ2v) is 4.22. The van der Waals surface area contributed by atoms with Gasteiger partial charge in [-0.3, -0.25) is 0 Å². The molecular weight excluding hydrogens is 245 g/mol. The van der Waals surface area contributed by atoms with E-state index in [1.54, 1.807) is 31.3 Å². The summed E-state index contributed by atoms with van der Waals surface area (Å²) in [7, 11) is 1.80. The molecule has 0 unspecified atom stereocenters. The highest BCUT2D eigenvalue weighted by atomic mass is 19.1. The Morgan fingerprint density at radius 3 is 2.74 bits per heavy atom. The summed E-state index contributed by atoms with van der Waals surface area (Å²) in [5.74, 6) is 0.0400. The highest BCUT2D eigenvalue weighted by Gasteiger charge is 2.09. The van der Waals surface area contributed by atoms with Crippen LogP contribution in [0.25, 0.3) is 0 Å². The fourth-order valence-corrected chi connectivity index (χ4v) is 1.85. The molecule has 2 aromatic carbocycles. The van der Waals surface area contributed by atoms with Crippen LogP contribution in [0.15, 0.2) is 42.5 Å². The molecule has 2 aromatic rings. The van der Waals surface area contributed by atoms with E-state index in [2.05, 4.69) is 5.32 Å². The molecule has 0 spiro atoms. The van der Waals surface area contributed by atoms with E-state index in [0.717, 1.165) is 11.1 Å². The van der Waals surface area contributed by atoms with Gasteiger partial charge in [0.05, 0.1) is 0 Å². The minimum Gasteiger partial charge on any atom is -0.508 e. The Balaban J connectivity index is 2.14. The van der Waals surface area contributed by atoms with Crippen LogP contribution < -0.4 is 10.1 Å². The van der Waals surface area contributed by atoms with Crippen molar-refractivity contribution in [3.05, 3.63) is 59.4 Å². The van der Waals surface area contributed by atoms with Crippen LogP contribution in [0.1, 0.15) is 11.1 Å². The molecule has 19 heavy (non-hydrogen) atoms. The van der Waals surface area contributed by atoms with Crippen molar-refractivity contribution in [1.82, 2.24) is 5.32 Å². The number of aromatic hydroxyl groups is 1. The van der Waals surface area contributed by atoms with Gasteiger partial charge in [0.15, 0.2) is 11.6 Å². The van der Waals surface area contributed by atoms with Gasteiger partial charge >= 0.3 is 0 Å². The smallest absolute Gasteiger partial charge is 0.165 e. The zero-order valence-corrected chi connectivity index (χ0v) is 10.7. The molecule has 100 valence electrons. The second-order valence-electron chi connectivity index (χ2n) is 4.22. The Labute approximate surface area is 111 Å². The molecule has 0 saturated heterocycles. The topological polar surface area (TPSA) is 41.5 Å². The number of phenols is 1. The first-order valence-corrected chi connectivity index (χ1v) is 6.03. The maximum absolute atomic E-state index is 13.8. The minimum atomic E-state index is -0.382. The van der Waals surface area contributed by atoms with E-state index in [1.807, 2.05) is 12.1 Å². The predicted octanol–water partition coefficient (Wildman–Crippen LogP) is 2.83. The molecule has 0 saturated carbocycles.